The number of esters is 1. The van der Waals surface area contributed by atoms with Gasteiger partial charge in [0.15, 0.2) is 0 Å². The topological polar surface area (TPSA) is 77.5 Å². The number of hydrogen-bond donors (Lipinski definition) is 1. The summed E-state index contributed by atoms with van der Waals surface area (Å²) in [6, 6.07) is 10.5. The largest absolute Gasteiger partial charge is 0.494 e. The number of pyridine rings is 1. The first-order valence-electron chi connectivity index (χ1n) is 7.38. The number of anilines is 1. The quantitative estimate of drug-likeness (QED) is 0.652. The van der Waals surface area contributed by atoms with Crippen molar-refractivity contribution in [3.05, 3.63) is 59.8 Å². The van der Waals surface area contributed by atoms with Crippen LogP contribution < -0.4 is 10.1 Å². The van der Waals surface area contributed by atoms with Gasteiger partial charge in [0.2, 0.25) is 5.91 Å². The summed E-state index contributed by atoms with van der Waals surface area (Å²) in [6.07, 6.45) is 4.44. The third kappa shape index (κ3) is 4.95. The maximum Gasteiger partial charge on any atom is 0.339 e. The molecule has 0 aliphatic rings. The Bertz CT molecular complexity index is 722. The molecule has 2 rings (SSSR count). The van der Waals surface area contributed by atoms with Gasteiger partial charge in [-0.05, 0) is 42.8 Å². The van der Waals surface area contributed by atoms with Crippen molar-refractivity contribution in [2.45, 2.75) is 6.92 Å². The predicted octanol–water partition coefficient (Wildman–Crippen LogP) is 2.92. The van der Waals surface area contributed by atoms with Crippen molar-refractivity contribution in [1.29, 1.82) is 0 Å². The highest BCUT2D eigenvalue weighted by Crippen LogP contribution is 2.13. The molecule has 0 fully saturated rings. The van der Waals surface area contributed by atoms with Crippen molar-refractivity contribution in [1.82, 2.24) is 4.98 Å². The van der Waals surface area contributed by atoms with Crippen LogP contribution >= 0.6 is 0 Å². The van der Waals surface area contributed by atoms with Crippen LogP contribution in [0.2, 0.25) is 0 Å². The van der Waals surface area contributed by atoms with Gasteiger partial charge in [0.25, 0.3) is 0 Å². The SMILES string of the molecule is CCOc1ccc(/C=C/C(=O)Nc2ccc(C(=O)OC)cn2)cc1. The maximum absolute atomic E-state index is 11.9. The minimum Gasteiger partial charge on any atom is -0.494 e. The van der Waals surface area contributed by atoms with E-state index in [0.717, 1.165) is 11.3 Å². The number of nitrogens with zero attached hydrogens (tertiary/aromatic N) is 1. The Morgan fingerprint density at radius 1 is 1.17 bits per heavy atom. The minimum atomic E-state index is -0.476. The Labute approximate surface area is 140 Å². The van der Waals surface area contributed by atoms with Gasteiger partial charge in [-0.2, -0.15) is 0 Å². The number of carbonyl (C=O) groups is 2. The van der Waals surface area contributed by atoms with Gasteiger partial charge in [-0.15, -0.1) is 0 Å². The number of hydrogen-bond acceptors (Lipinski definition) is 5. The van der Waals surface area contributed by atoms with Crippen LogP contribution in [0.4, 0.5) is 5.82 Å². The Balaban J connectivity index is 1.93. The van der Waals surface area contributed by atoms with E-state index in [-0.39, 0.29) is 5.91 Å². The molecule has 0 aliphatic heterocycles. The number of nitrogens with one attached hydrogen (secondary N) is 1. The molecule has 124 valence electrons. The van der Waals surface area contributed by atoms with Crippen LogP contribution in [0.3, 0.4) is 0 Å². The highest BCUT2D eigenvalue weighted by atomic mass is 16.5. The van der Waals surface area contributed by atoms with Crippen molar-refractivity contribution in [2.75, 3.05) is 19.0 Å². The summed E-state index contributed by atoms with van der Waals surface area (Å²) >= 11 is 0. The highest BCUT2D eigenvalue weighted by Gasteiger charge is 2.06. The highest BCUT2D eigenvalue weighted by molar-refractivity contribution is 6.01. The van der Waals surface area contributed by atoms with E-state index in [1.807, 2.05) is 31.2 Å². The molecular weight excluding hydrogens is 308 g/mol. The average molecular weight is 326 g/mol. The van der Waals surface area contributed by atoms with Crippen LogP contribution in [0.1, 0.15) is 22.8 Å². The number of ether oxygens (including phenoxy) is 2. The lowest BCUT2D eigenvalue weighted by Crippen LogP contribution is -2.10. The Kier molecular flexibility index (Phi) is 6.08. The van der Waals surface area contributed by atoms with Gasteiger partial charge in [-0.25, -0.2) is 9.78 Å². The summed E-state index contributed by atoms with van der Waals surface area (Å²) < 4.78 is 9.94. The van der Waals surface area contributed by atoms with Gasteiger partial charge in [0, 0.05) is 12.3 Å². The van der Waals surface area contributed by atoms with Crippen LogP contribution in [0.5, 0.6) is 5.75 Å². The number of aromatic nitrogens is 1. The standard InChI is InChI=1S/C18H18N2O4/c1-3-24-15-8-4-13(5-9-15)6-11-17(21)20-16-10-7-14(12-19-16)18(22)23-2/h4-12H,3H2,1-2H3,(H,19,20,21)/b11-6+. The zero-order valence-corrected chi connectivity index (χ0v) is 13.5. The molecule has 0 aliphatic carbocycles. The number of rotatable bonds is 6. The molecule has 0 unspecified atom stereocenters. The molecule has 1 heterocycles. The number of carbonyl (C=O) groups excluding carboxylic acids is 2. The van der Waals surface area contributed by atoms with E-state index in [0.29, 0.717) is 18.0 Å². The second-order valence-electron chi connectivity index (χ2n) is 4.75. The summed E-state index contributed by atoms with van der Waals surface area (Å²) in [6.45, 7) is 2.53. The lowest BCUT2D eigenvalue weighted by Gasteiger charge is -2.03. The molecule has 6 nitrogen and oxygen atoms in total. The second kappa shape index (κ2) is 8.47. The van der Waals surface area contributed by atoms with E-state index >= 15 is 0 Å². The van der Waals surface area contributed by atoms with E-state index in [4.69, 9.17) is 4.74 Å². The first-order chi connectivity index (χ1) is 11.6. The van der Waals surface area contributed by atoms with Crippen molar-refractivity contribution < 1.29 is 19.1 Å². The minimum absolute atomic E-state index is 0.317. The Morgan fingerprint density at radius 3 is 2.50 bits per heavy atom. The smallest absolute Gasteiger partial charge is 0.339 e. The Morgan fingerprint density at radius 2 is 1.92 bits per heavy atom. The normalized spacial score (nSPS) is 10.4. The zero-order chi connectivity index (χ0) is 17.4. The predicted molar refractivity (Wildman–Crippen MR) is 90.9 cm³/mol. The second-order valence-corrected chi connectivity index (χ2v) is 4.75. The van der Waals surface area contributed by atoms with Gasteiger partial charge in [0.05, 0.1) is 19.3 Å². The summed E-state index contributed by atoms with van der Waals surface area (Å²) in [7, 11) is 1.30. The van der Waals surface area contributed by atoms with Crippen LogP contribution in [0.15, 0.2) is 48.7 Å². The Hall–Kier alpha value is -3.15. The first-order valence-corrected chi connectivity index (χ1v) is 7.38. The van der Waals surface area contributed by atoms with Gasteiger partial charge in [-0.3, -0.25) is 4.79 Å². The van der Waals surface area contributed by atoms with Crippen molar-refractivity contribution >= 4 is 23.8 Å². The average Bonchev–Trinajstić information content (AvgIpc) is 2.61. The van der Waals surface area contributed by atoms with Crippen LogP contribution in [0, 0.1) is 0 Å². The van der Waals surface area contributed by atoms with E-state index in [1.54, 1.807) is 6.08 Å². The molecular formula is C18H18N2O4. The van der Waals surface area contributed by atoms with E-state index < -0.39 is 5.97 Å². The monoisotopic (exact) mass is 326 g/mol. The summed E-state index contributed by atoms with van der Waals surface area (Å²) in [5.74, 6) is 0.343. The lowest BCUT2D eigenvalue weighted by atomic mass is 10.2. The maximum atomic E-state index is 11.9. The summed E-state index contributed by atoms with van der Waals surface area (Å²) in [5, 5.41) is 2.61. The van der Waals surface area contributed by atoms with E-state index in [1.165, 1.54) is 31.5 Å². The lowest BCUT2D eigenvalue weighted by molar-refractivity contribution is -0.111. The third-order valence-electron chi connectivity index (χ3n) is 3.05. The third-order valence-corrected chi connectivity index (χ3v) is 3.05. The molecule has 0 radical (unpaired) electrons. The zero-order valence-electron chi connectivity index (χ0n) is 13.5. The molecule has 0 bridgehead atoms. The molecule has 0 saturated carbocycles. The fourth-order valence-electron chi connectivity index (χ4n) is 1.89. The van der Waals surface area contributed by atoms with Gasteiger partial charge in [-0.1, -0.05) is 12.1 Å². The fourth-order valence-corrected chi connectivity index (χ4v) is 1.89. The number of benzene rings is 1. The number of amides is 1. The van der Waals surface area contributed by atoms with Crippen LogP contribution in [-0.4, -0.2) is 30.6 Å². The molecule has 0 spiro atoms. The molecule has 1 N–H and O–H groups in total. The summed E-state index contributed by atoms with van der Waals surface area (Å²) in [5.41, 5.74) is 1.20. The molecule has 24 heavy (non-hydrogen) atoms. The van der Waals surface area contributed by atoms with E-state index in [2.05, 4.69) is 15.0 Å². The van der Waals surface area contributed by atoms with Gasteiger partial charge in [0.1, 0.15) is 11.6 Å². The van der Waals surface area contributed by atoms with E-state index in [9.17, 15) is 9.59 Å². The van der Waals surface area contributed by atoms with Crippen LogP contribution in [0.25, 0.3) is 6.08 Å². The van der Waals surface area contributed by atoms with Crippen LogP contribution in [-0.2, 0) is 9.53 Å². The first kappa shape index (κ1) is 17.2. The molecule has 6 heteroatoms. The molecule has 0 atom stereocenters. The fraction of sp³-hybridized carbons (Fsp3) is 0.167. The van der Waals surface area contributed by atoms with Crippen molar-refractivity contribution in [2.24, 2.45) is 0 Å². The molecule has 1 aromatic heterocycles. The molecule has 1 aromatic carbocycles. The molecule has 0 saturated heterocycles. The van der Waals surface area contributed by atoms with Gasteiger partial charge < -0.3 is 14.8 Å². The van der Waals surface area contributed by atoms with Crippen molar-refractivity contribution in [3.63, 3.8) is 0 Å². The number of methoxy groups -OCH3 is 1. The molecule has 1 amide bonds. The van der Waals surface area contributed by atoms with Gasteiger partial charge >= 0.3 is 5.97 Å². The molecule has 2 aromatic rings. The summed E-state index contributed by atoms with van der Waals surface area (Å²) in [4.78, 5) is 27.2. The van der Waals surface area contributed by atoms with Crippen molar-refractivity contribution in [3.8, 4) is 5.75 Å².